The number of aliphatic hydroxyl groups excluding tert-OH is 1. The topological polar surface area (TPSA) is 128 Å². The molecular formula is C22H22N6O4. The maximum absolute atomic E-state index is 13.0. The van der Waals surface area contributed by atoms with E-state index in [9.17, 15) is 9.90 Å². The van der Waals surface area contributed by atoms with E-state index in [-0.39, 0.29) is 18.4 Å². The number of nitrogens with one attached hydrogen (secondary N) is 1. The third kappa shape index (κ3) is 4.17. The number of ether oxygens (including phenoxy) is 1. The second-order valence-electron chi connectivity index (χ2n) is 7.96. The van der Waals surface area contributed by atoms with Crippen LogP contribution in [0.25, 0.3) is 17.0 Å². The minimum Gasteiger partial charge on any atom is -0.474 e. The minimum absolute atomic E-state index is 0.236. The van der Waals surface area contributed by atoms with Gasteiger partial charge in [0.25, 0.3) is 5.91 Å². The summed E-state index contributed by atoms with van der Waals surface area (Å²) in [7, 11) is 0. The van der Waals surface area contributed by atoms with Crippen molar-refractivity contribution in [2.24, 2.45) is 0 Å². The molecule has 0 radical (unpaired) electrons. The number of hydrogen-bond donors (Lipinski definition) is 2. The van der Waals surface area contributed by atoms with Crippen molar-refractivity contribution in [1.82, 2.24) is 24.5 Å². The van der Waals surface area contributed by atoms with Crippen LogP contribution < -0.4 is 10.1 Å². The minimum atomic E-state index is -0.576. The molecule has 1 aliphatic carbocycles. The highest BCUT2D eigenvalue weighted by molar-refractivity contribution is 6.04. The molecule has 1 aromatic carbocycles. The van der Waals surface area contributed by atoms with Crippen LogP contribution in [0.5, 0.6) is 5.88 Å². The summed E-state index contributed by atoms with van der Waals surface area (Å²) in [5.74, 6) is 0.928. The second kappa shape index (κ2) is 8.04. The van der Waals surface area contributed by atoms with Crippen molar-refractivity contribution in [3.8, 4) is 17.3 Å². The van der Waals surface area contributed by atoms with Crippen molar-refractivity contribution in [2.45, 2.75) is 45.3 Å². The Hall–Kier alpha value is -3.79. The van der Waals surface area contributed by atoms with Gasteiger partial charge in [0.05, 0.1) is 18.7 Å². The molecule has 4 aromatic rings. The van der Waals surface area contributed by atoms with Crippen LogP contribution in [0.3, 0.4) is 0 Å². The van der Waals surface area contributed by atoms with Gasteiger partial charge in [-0.15, -0.1) is 0 Å². The Morgan fingerprint density at radius 1 is 1.34 bits per heavy atom. The number of carbonyl (C=O) groups is 1. The Kier molecular flexibility index (Phi) is 5.06. The summed E-state index contributed by atoms with van der Waals surface area (Å²) < 4.78 is 12.5. The Balaban J connectivity index is 1.37. The van der Waals surface area contributed by atoms with E-state index in [4.69, 9.17) is 9.26 Å². The van der Waals surface area contributed by atoms with Gasteiger partial charge in [-0.1, -0.05) is 17.3 Å². The van der Waals surface area contributed by atoms with E-state index in [0.717, 1.165) is 18.4 Å². The zero-order valence-corrected chi connectivity index (χ0v) is 17.6. The van der Waals surface area contributed by atoms with Crippen molar-refractivity contribution in [3.63, 3.8) is 0 Å². The molecule has 1 atom stereocenters. The SMILES string of the molecule is Cc1ccc(-c2noc(C[C@@H](C)O)n2)cc1NC(=O)c1cnc2cc(OC3CC3)ncn12. The largest absolute Gasteiger partial charge is 0.474 e. The highest BCUT2D eigenvalue weighted by Crippen LogP contribution is 2.27. The molecule has 1 saturated carbocycles. The van der Waals surface area contributed by atoms with E-state index in [2.05, 4.69) is 25.4 Å². The quantitative estimate of drug-likeness (QED) is 0.454. The number of anilines is 1. The summed E-state index contributed by atoms with van der Waals surface area (Å²) in [4.78, 5) is 25.9. The maximum Gasteiger partial charge on any atom is 0.274 e. The van der Waals surface area contributed by atoms with Gasteiger partial charge in [0, 0.05) is 17.3 Å². The lowest BCUT2D eigenvalue weighted by Crippen LogP contribution is -2.15. The average molecular weight is 434 g/mol. The molecule has 164 valence electrons. The molecule has 1 amide bonds. The first-order valence-corrected chi connectivity index (χ1v) is 10.4. The molecule has 10 heteroatoms. The summed E-state index contributed by atoms with van der Waals surface area (Å²) in [5, 5.41) is 16.4. The fourth-order valence-corrected chi connectivity index (χ4v) is 3.24. The number of aryl methyl sites for hydroxylation is 1. The molecule has 1 fully saturated rings. The van der Waals surface area contributed by atoms with Crippen molar-refractivity contribution < 1.29 is 19.2 Å². The van der Waals surface area contributed by atoms with Crippen LogP contribution in [0.4, 0.5) is 5.69 Å². The van der Waals surface area contributed by atoms with Crippen LogP contribution in [0.1, 0.15) is 41.7 Å². The molecule has 5 rings (SSSR count). The first-order chi connectivity index (χ1) is 15.5. The number of benzene rings is 1. The van der Waals surface area contributed by atoms with E-state index in [0.29, 0.717) is 40.2 Å². The number of rotatable bonds is 7. The molecule has 3 aromatic heterocycles. The molecule has 10 nitrogen and oxygen atoms in total. The van der Waals surface area contributed by atoms with Crippen molar-refractivity contribution in [1.29, 1.82) is 0 Å². The zero-order valence-electron chi connectivity index (χ0n) is 17.6. The molecule has 3 heterocycles. The van der Waals surface area contributed by atoms with Gasteiger partial charge >= 0.3 is 0 Å². The number of fused-ring (bicyclic) bond motifs is 1. The standard InChI is InChI=1S/C22H22N6O4/c1-12-3-4-14(21-26-20(32-27-21)7-13(2)29)8-16(12)25-22(30)17-10-23-18-9-19(24-11-28(17)18)31-15-5-6-15/h3-4,8-11,13,15,29H,5-7H2,1-2H3,(H,25,30)/t13-/m1/s1. The van der Waals surface area contributed by atoms with Gasteiger partial charge in [0.1, 0.15) is 23.8 Å². The first kappa shape index (κ1) is 20.1. The number of amides is 1. The van der Waals surface area contributed by atoms with E-state index in [1.807, 2.05) is 19.1 Å². The zero-order chi connectivity index (χ0) is 22.2. The molecule has 0 aliphatic heterocycles. The normalized spacial score (nSPS) is 14.5. The summed E-state index contributed by atoms with van der Waals surface area (Å²) in [6.45, 7) is 3.55. The lowest BCUT2D eigenvalue weighted by atomic mass is 10.1. The van der Waals surface area contributed by atoms with Gasteiger partial charge in [-0.3, -0.25) is 9.20 Å². The van der Waals surface area contributed by atoms with E-state index in [1.54, 1.807) is 29.8 Å². The fraction of sp³-hybridized carbons (Fsp3) is 0.318. The molecule has 2 N–H and O–H groups in total. The molecule has 0 saturated heterocycles. The van der Waals surface area contributed by atoms with Gasteiger partial charge in [0.15, 0.2) is 0 Å². The van der Waals surface area contributed by atoms with E-state index in [1.165, 1.54) is 6.20 Å². The monoisotopic (exact) mass is 434 g/mol. The predicted molar refractivity (Wildman–Crippen MR) is 114 cm³/mol. The van der Waals surface area contributed by atoms with Gasteiger partial charge in [-0.05, 0) is 38.3 Å². The third-order valence-electron chi connectivity index (χ3n) is 5.11. The molecule has 32 heavy (non-hydrogen) atoms. The Bertz CT molecular complexity index is 1290. The number of hydrogen-bond acceptors (Lipinski definition) is 8. The average Bonchev–Trinajstić information content (AvgIpc) is 3.28. The second-order valence-corrected chi connectivity index (χ2v) is 7.96. The number of aliphatic hydroxyl groups is 1. The molecule has 0 unspecified atom stereocenters. The third-order valence-corrected chi connectivity index (χ3v) is 5.11. The number of aromatic nitrogens is 5. The van der Waals surface area contributed by atoms with Crippen LogP contribution in [0.15, 0.2) is 41.3 Å². The van der Waals surface area contributed by atoms with Gasteiger partial charge < -0.3 is 19.7 Å². The Morgan fingerprint density at radius 2 is 2.19 bits per heavy atom. The van der Waals surface area contributed by atoms with Gasteiger partial charge in [-0.2, -0.15) is 4.98 Å². The van der Waals surface area contributed by atoms with Crippen molar-refractivity contribution in [2.75, 3.05) is 5.32 Å². The lowest BCUT2D eigenvalue weighted by molar-refractivity contribution is 0.102. The van der Waals surface area contributed by atoms with Crippen molar-refractivity contribution >= 4 is 17.2 Å². The summed E-state index contributed by atoms with van der Waals surface area (Å²) in [6, 6.07) is 7.23. The highest BCUT2D eigenvalue weighted by Gasteiger charge is 2.24. The van der Waals surface area contributed by atoms with Crippen LogP contribution in [-0.4, -0.2) is 47.7 Å². The Morgan fingerprint density at radius 3 is 2.97 bits per heavy atom. The predicted octanol–water partition coefficient (Wildman–Crippen LogP) is 2.80. The van der Waals surface area contributed by atoms with Gasteiger partial charge in [-0.25, -0.2) is 9.97 Å². The number of imidazole rings is 1. The van der Waals surface area contributed by atoms with Crippen molar-refractivity contribution in [3.05, 3.63) is 53.9 Å². The highest BCUT2D eigenvalue weighted by atomic mass is 16.5. The van der Waals surface area contributed by atoms with E-state index < -0.39 is 6.10 Å². The molecule has 0 spiro atoms. The summed E-state index contributed by atoms with van der Waals surface area (Å²) in [6.07, 6.45) is 5.07. The summed E-state index contributed by atoms with van der Waals surface area (Å²) in [5.41, 5.74) is 3.12. The Labute approximate surface area is 183 Å². The first-order valence-electron chi connectivity index (χ1n) is 10.4. The van der Waals surface area contributed by atoms with Crippen LogP contribution >= 0.6 is 0 Å². The maximum atomic E-state index is 13.0. The summed E-state index contributed by atoms with van der Waals surface area (Å²) >= 11 is 0. The van der Waals surface area contributed by atoms with E-state index >= 15 is 0 Å². The molecular weight excluding hydrogens is 412 g/mol. The van der Waals surface area contributed by atoms with Crippen LogP contribution in [-0.2, 0) is 6.42 Å². The smallest absolute Gasteiger partial charge is 0.274 e. The lowest BCUT2D eigenvalue weighted by Gasteiger charge is -2.10. The number of carbonyl (C=O) groups excluding carboxylic acids is 1. The van der Waals surface area contributed by atoms with Crippen LogP contribution in [0.2, 0.25) is 0 Å². The van der Waals surface area contributed by atoms with Gasteiger partial charge in [0.2, 0.25) is 17.6 Å². The molecule has 0 bridgehead atoms. The fourth-order valence-electron chi connectivity index (χ4n) is 3.24. The van der Waals surface area contributed by atoms with Crippen LogP contribution in [0, 0.1) is 6.92 Å². The molecule has 1 aliphatic rings. The number of nitrogens with zero attached hydrogens (tertiary/aromatic N) is 5.